The summed E-state index contributed by atoms with van der Waals surface area (Å²) in [4.78, 5) is 55.0. The van der Waals surface area contributed by atoms with Gasteiger partial charge in [-0.3, -0.25) is 24.1 Å². The van der Waals surface area contributed by atoms with Crippen molar-refractivity contribution in [3.8, 4) is 5.75 Å². The van der Waals surface area contributed by atoms with E-state index in [1.54, 1.807) is 19.0 Å². The molecule has 1 unspecified atom stereocenters. The third-order valence-corrected chi connectivity index (χ3v) is 9.12. The molecule has 3 fully saturated rings. The van der Waals surface area contributed by atoms with E-state index < -0.39 is 58.0 Å². The lowest BCUT2D eigenvalue weighted by Crippen LogP contribution is -2.60. The van der Waals surface area contributed by atoms with E-state index in [9.17, 15) is 39.6 Å². The molecule has 0 radical (unpaired) electrons. The van der Waals surface area contributed by atoms with Crippen molar-refractivity contribution in [2.24, 2.45) is 17.6 Å². The van der Waals surface area contributed by atoms with Gasteiger partial charge >= 0.3 is 0 Å². The Morgan fingerprint density at radius 2 is 1.82 bits per heavy atom. The number of carbonyl (C=O) groups is 4. The number of aliphatic hydroxyl groups is 3. The fourth-order valence-corrected chi connectivity index (χ4v) is 7.24. The quantitative estimate of drug-likeness (QED) is 0.242. The van der Waals surface area contributed by atoms with Crippen molar-refractivity contribution in [1.29, 1.82) is 0 Å². The van der Waals surface area contributed by atoms with Crippen LogP contribution < -0.4 is 5.73 Å². The number of amides is 2. The lowest BCUT2D eigenvalue weighted by atomic mass is 9.58. The Kier molecular flexibility index (Phi) is 5.55. The Labute approximate surface area is 229 Å². The molecule has 12 heteroatoms. The Balaban J connectivity index is 1.45. The van der Waals surface area contributed by atoms with Gasteiger partial charge in [-0.2, -0.15) is 0 Å². The molecule has 0 aromatic heterocycles. The lowest BCUT2D eigenvalue weighted by molar-refractivity contribution is -0.129. The van der Waals surface area contributed by atoms with Gasteiger partial charge in [0.25, 0.3) is 5.91 Å². The Morgan fingerprint density at radius 1 is 1.15 bits per heavy atom. The Morgan fingerprint density at radius 3 is 2.40 bits per heavy atom. The van der Waals surface area contributed by atoms with Crippen molar-refractivity contribution in [3.63, 3.8) is 0 Å². The summed E-state index contributed by atoms with van der Waals surface area (Å²) in [5.41, 5.74) is 3.31. The third-order valence-electron chi connectivity index (χ3n) is 9.12. The van der Waals surface area contributed by atoms with Crippen LogP contribution in [0, 0.1) is 11.8 Å². The van der Waals surface area contributed by atoms with Gasteiger partial charge in [-0.25, -0.2) is 0 Å². The van der Waals surface area contributed by atoms with Crippen molar-refractivity contribution in [1.82, 2.24) is 9.80 Å². The van der Waals surface area contributed by atoms with Crippen LogP contribution in [0.5, 0.6) is 5.75 Å². The summed E-state index contributed by atoms with van der Waals surface area (Å²) in [6.45, 7) is 1.25. The van der Waals surface area contributed by atoms with Gasteiger partial charge in [-0.1, -0.05) is 0 Å². The van der Waals surface area contributed by atoms with Gasteiger partial charge in [0.15, 0.2) is 11.4 Å². The summed E-state index contributed by atoms with van der Waals surface area (Å²) >= 11 is 0. The topological polar surface area (TPSA) is 194 Å². The van der Waals surface area contributed by atoms with Crippen LogP contribution in [0.4, 0.5) is 0 Å². The number of benzene rings is 1. The molecule has 1 aliphatic heterocycles. The van der Waals surface area contributed by atoms with E-state index in [1.807, 2.05) is 0 Å². The number of rotatable bonds is 6. The molecule has 2 amide bonds. The van der Waals surface area contributed by atoms with Crippen molar-refractivity contribution >= 4 is 29.1 Å². The molecule has 1 spiro atoms. The number of epoxide rings is 1. The molecular weight excluding hydrogens is 522 g/mol. The van der Waals surface area contributed by atoms with Crippen LogP contribution in [0.25, 0.3) is 5.76 Å². The number of ketones is 2. The zero-order valence-corrected chi connectivity index (χ0v) is 22.3. The number of phenols is 1. The number of Topliss-reactive ketones (excluding diaryl/α,β-unsaturated/α-hetero) is 2. The monoisotopic (exact) mass is 553 g/mol. The smallest absolute Gasteiger partial charge is 0.253 e. The summed E-state index contributed by atoms with van der Waals surface area (Å²) in [5, 5.41) is 44.5. The fourth-order valence-electron chi connectivity index (χ4n) is 7.24. The summed E-state index contributed by atoms with van der Waals surface area (Å²) < 4.78 is 5.63. The molecule has 6 N–H and O–H groups in total. The van der Waals surface area contributed by atoms with E-state index in [1.165, 1.54) is 24.0 Å². The third kappa shape index (κ3) is 3.29. The summed E-state index contributed by atoms with van der Waals surface area (Å²) in [6.07, 6.45) is 1.87. The first kappa shape index (κ1) is 26.5. The van der Waals surface area contributed by atoms with Crippen LogP contribution in [0.1, 0.15) is 47.7 Å². The summed E-state index contributed by atoms with van der Waals surface area (Å²) in [6, 6.07) is 1.81. The highest BCUT2D eigenvalue weighted by Crippen LogP contribution is 2.67. The molecule has 4 aliphatic carbocycles. The summed E-state index contributed by atoms with van der Waals surface area (Å²) in [5.74, 6) is -7.81. The van der Waals surface area contributed by atoms with Gasteiger partial charge in [0.05, 0.1) is 18.2 Å². The minimum absolute atomic E-state index is 0.0130. The first-order valence-electron chi connectivity index (χ1n) is 13.2. The maximum absolute atomic E-state index is 14.1. The zero-order chi connectivity index (χ0) is 29.0. The molecule has 1 heterocycles. The fraction of sp³-hybridized carbons (Fsp3) is 0.500. The number of aromatic hydroxyl groups is 1. The molecular formula is C28H31N3O9. The number of ether oxygens (including phenoxy) is 1. The molecule has 212 valence electrons. The predicted molar refractivity (Wildman–Crippen MR) is 138 cm³/mol. The maximum atomic E-state index is 14.1. The highest BCUT2D eigenvalue weighted by atomic mass is 16.8. The Bertz CT molecular complexity index is 1480. The number of nitrogens with two attached hydrogens (primary N) is 1. The van der Waals surface area contributed by atoms with E-state index in [0.717, 1.165) is 12.8 Å². The van der Waals surface area contributed by atoms with Gasteiger partial charge < -0.3 is 35.8 Å². The zero-order valence-electron chi connectivity index (χ0n) is 22.3. The molecule has 40 heavy (non-hydrogen) atoms. The number of likely N-dealkylation sites (N-methyl/N-ethyl adjacent to an activating group) is 1. The van der Waals surface area contributed by atoms with Gasteiger partial charge in [-0.15, -0.1) is 0 Å². The average molecular weight is 554 g/mol. The van der Waals surface area contributed by atoms with E-state index in [2.05, 4.69) is 0 Å². The van der Waals surface area contributed by atoms with E-state index in [4.69, 9.17) is 10.5 Å². The number of fused-ring (bicyclic) bond motifs is 2. The number of carbonyl (C=O) groups excluding carboxylic acids is 4. The maximum Gasteiger partial charge on any atom is 0.253 e. The SMILES string of the molecule is CC(=O)N(CC(=O)c1ccc(O)c2c1C[C@H]1C[C@H]3[C@H](N(C)C)C(O)=C(C(N)=O)C4(O)O[C@]34C(=O)C1=C2O)C1CC1. The number of hydrogen-bond acceptors (Lipinski definition) is 10. The molecule has 1 saturated heterocycles. The first-order chi connectivity index (χ1) is 18.8. The van der Waals surface area contributed by atoms with Gasteiger partial charge in [0.1, 0.15) is 22.8 Å². The first-order valence-corrected chi connectivity index (χ1v) is 13.2. The van der Waals surface area contributed by atoms with Gasteiger partial charge in [0.2, 0.25) is 17.5 Å². The predicted octanol–water partition coefficient (Wildman–Crippen LogP) is 0.315. The molecule has 2 saturated carbocycles. The van der Waals surface area contributed by atoms with Crippen molar-refractivity contribution in [3.05, 3.63) is 45.7 Å². The second kappa shape index (κ2) is 8.38. The lowest BCUT2D eigenvalue weighted by Gasteiger charge is -2.46. The van der Waals surface area contributed by atoms with E-state index >= 15 is 0 Å². The minimum Gasteiger partial charge on any atom is -0.510 e. The second-order valence-corrected chi connectivity index (χ2v) is 11.6. The number of nitrogens with zero attached hydrogens (tertiary/aromatic N) is 2. The van der Waals surface area contributed by atoms with Crippen LogP contribution in [0.3, 0.4) is 0 Å². The van der Waals surface area contributed by atoms with Crippen molar-refractivity contribution in [2.45, 2.75) is 56.1 Å². The van der Waals surface area contributed by atoms with Crippen LogP contribution in [0.15, 0.2) is 29.0 Å². The number of hydrogen-bond donors (Lipinski definition) is 5. The Hall–Kier alpha value is -3.74. The summed E-state index contributed by atoms with van der Waals surface area (Å²) in [7, 11) is 3.28. The average Bonchev–Trinajstić information content (AvgIpc) is 3.77. The molecule has 12 nitrogen and oxygen atoms in total. The number of phenolic OH excluding ortho intramolecular Hbond substituents is 1. The van der Waals surface area contributed by atoms with Crippen LogP contribution in [-0.2, 0) is 25.5 Å². The van der Waals surface area contributed by atoms with Crippen LogP contribution in [0.2, 0.25) is 0 Å². The van der Waals surface area contributed by atoms with Crippen molar-refractivity contribution in [2.75, 3.05) is 20.6 Å². The highest BCUT2D eigenvalue weighted by molar-refractivity contribution is 6.14. The molecule has 0 bridgehead atoms. The normalized spacial score (nSPS) is 32.2. The van der Waals surface area contributed by atoms with Gasteiger partial charge in [-0.05, 0) is 63.4 Å². The van der Waals surface area contributed by atoms with Crippen LogP contribution in [-0.4, -0.2) is 97.7 Å². The standard InChI is InChI=1S/C28H31N3O9/c1-11(32)31(13-4-5-13)10-18(34)14-6-7-17(33)20-15(14)8-12-9-16-22(30(2)3)24(36)21(26(29)38)28(39)27(16,40-28)25(37)19(12)23(20)35/h6-7,12-13,16,22,33,35-36,39H,4-5,8-10H2,1-3H3,(H2,29,38)/t12-,16-,22-,27-,28?/m0/s1. The van der Waals surface area contributed by atoms with Crippen LogP contribution >= 0.6 is 0 Å². The molecule has 5 atom stereocenters. The molecule has 5 aliphatic rings. The largest absolute Gasteiger partial charge is 0.510 e. The van der Waals surface area contributed by atoms with E-state index in [-0.39, 0.29) is 59.6 Å². The molecule has 1 aromatic carbocycles. The molecule has 1 aromatic rings. The van der Waals surface area contributed by atoms with E-state index in [0.29, 0.717) is 5.56 Å². The number of primary amides is 1. The molecule has 6 rings (SSSR count). The second-order valence-electron chi connectivity index (χ2n) is 11.6. The highest BCUT2D eigenvalue weighted by Gasteiger charge is 2.86. The minimum atomic E-state index is -2.46. The van der Waals surface area contributed by atoms with Gasteiger partial charge in [0, 0.05) is 30.0 Å². The van der Waals surface area contributed by atoms with Crippen molar-refractivity contribution < 1.29 is 44.3 Å². The number of aliphatic hydroxyl groups excluding tert-OH is 2.